The van der Waals surface area contributed by atoms with E-state index in [1.807, 2.05) is 0 Å². The molecular formula is C22H21ClF3NO3. The van der Waals surface area contributed by atoms with Gasteiger partial charge in [-0.15, -0.1) is 0 Å². The van der Waals surface area contributed by atoms with E-state index in [1.165, 1.54) is 19.2 Å². The molecule has 0 fully saturated rings. The highest BCUT2D eigenvalue weighted by Crippen LogP contribution is 2.39. The quantitative estimate of drug-likeness (QED) is 0.455. The van der Waals surface area contributed by atoms with Gasteiger partial charge < -0.3 is 14.8 Å². The van der Waals surface area contributed by atoms with Crippen molar-refractivity contribution < 1.29 is 27.4 Å². The highest BCUT2D eigenvalue weighted by molar-refractivity contribution is 6.32. The first-order valence-electron chi connectivity index (χ1n) is 9.35. The fourth-order valence-electron chi connectivity index (χ4n) is 3.35. The number of nitrogens with one attached hydrogen (secondary N) is 1. The number of fused-ring (bicyclic) bond motifs is 1. The van der Waals surface area contributed by atoms with Crippen molar-refractivity contribution in [3.8, 4) is 5.75 Å². The van der Waals surface area contributed by atoms with E-state index in [0.29, 0.717) is 29.9 Å². The Balaban J connectivity index is 1.81. The van der Waals surface area contributed by atoms with Crippen LogP contribution in [0.4, 0.5) is 18.9 Å². The van der Waals surface area contributed by atoms with E-state index in [-0.39, 0.29) is 29.1 Å². The second kappa shape index (κ2) is 9.00. The van der Waals surface area contributed by atoms with E-state index in [2.05, 4.69) is 10.1 Å². The van der Waals surface area contributed by atoms with Crippen LogP contribution in [0.25, 0.3) is 11.6 Å². The second-order valence-corrected chi connectivity index (χ2v) is 7.39. The molecule has 1 heterocycles. The molecule has 0 bridgehead atoms. The molecule has 1 N–H and O–H groups in total. The first-order valence-corrected chi connectivity index (χ1v) is 9.72. The van der Waals surface area contributed by atoms with Gasteiger partial charge in [-0.3, -0.25) is 4.79 Å². The fourth-order valence-corrected chi connectivity index (χ4v) is 3.67. The minimum Gasteiger partial charge on any atom is -0.486 e. The van der Waals surface area contributed by atoms with Crippen molar-refractivity contribution in [1.29, 1.82) is 0 Å². The van der Waals surface area contributed by atoms with Crippen LogP contribution in [0.15, 0.2) is 36.4 Å². The van der Waals surface area contributed by atoms with Gasteiger partial charge in [-0.05, 0) is 48.7 Å². The number of ether oxygens (including phenoxy) is 2. The summed E-state index contributed by atoms with van der Waals surface area (Å²) in [7, 11) is 1.34. The zero-order valence-corrected chi connectivity index (χ0v) is 17.2. The van der Waals surface area contributed by atoms with Crippen LogP contribution >= 0.6 is 11.6 Å². The molecule has 0 radical (unpaired) electrons. The Morgan fingerprint density at radius 3 is 2.80 bits per heavy atom. The van der Waals surface area contributed by atoms with Crippen molar-refractivity contribution >= 4 is 34.9 Å². The van der Waals surface area contributed by atoms with Crippen molar-refractivity contribution in [2.24, 2.45) is 0 Å². The van der Waals surface area contributed by atoms with Crippen LogP contribution in [0.5, 0.6) is 5.75 Å². The number of benzene rings is 2. The lowest BCUT2D eigenvalue weighted by molar-refractivity contribution is -0.141. The molecule has 3 rings (SSSR count). The van der Waals surface area contributed by atoms with Gasteiger partial charge in [-0.2, -0.15) is 13.2 Å². The molecule has 4 nitrogen and oxygen atoms in total. The standard InChI is InChI=1S/C22H21ClF3NO3/c1-13(21-16(22(24,25)26)4-3-5-17(21)23)10-14-6-8-19-18(11-14)27-12-15(30-19)7-9-20(28)29-2/h3-6,8,10-11,15,27H,7,9,12H2,1-2H3/b13-10+/t15-/m0/s1. The third-order valence-corrected chi connectivity index (χ3v) is 5.13. The van der Waals surface area contributed by atoms with Gasteiger partial charge >= 0.3 is 12.1 Å². The average Bonchev–Trinajstić information content (AvgIpc) is 2.70. The van der Waals surface area contributed by atoms with Gasteiger partial charge in [0.25, 0.3) is 0 Å². The molecule has 2 aromatic rings. The molecule has 0 unspecified atom stereocenters. The first kappa shape index (κ1) is 22.0. The summed E-state index contributed by atoms with van der Waals surface area (Å²) in [5.41, 5.74) is 1.05. The third-order valence-electron chi connectivity index (χ3n) is 4.81. The van der Waals surface area contributed by atoms with Gasteiger partial charge in [0.2, 0.25) is 0 Å². The molecule has 1 aliphatic heterocycles. The maximum atomic E-state index is 13.4. The number of carbonyl (C=O) groups excluding carboxylic acids is 1. The highest BCUT2D eigenvalue weighted by atomic mass is 35.5. The van der Waals surface area contributed by atoms with E-state index in [4.69, 9.17) is 16.3 Å². The smallest absolute Gasteiger partial charge is 0.417 e. The Morgan fingerprint density at radius 1 is 1.33 bits per heavy atom. The molecule has 1 aliphatic rings. The number of halogens is 4. The van der Waals surface area contributed by atoms with Gasteiger partial charge in [0.15, 0.2) is 0 Å². The minimum atomic E-state index is -4.50. The lowest BCUT2D eigenvalue weighted by atomic mass is 9.98. The Morgan fingerprint density at radius 2 is 2.10 bits per heavy atom. The summed E-state index contributed by atoms with van der Waals surface area (Å²) in [5, 5.41) is 3.29. The second-order valence-electron chi connectivity index (χ2n) is 6.98. The van der Waals surface area contributed by atoms with Gasteiger partial charge in [0.1, 0.15) is 11.9 Å². The van der Waals surface area contributed by atoms with Crippen LogP contribution < -0.4 is 10.1 Å². The Bertz CT molecular complexity index is 973. The van der Waals surface area contributed by atoms with E-state index < -0.39 is 11.7 Å². The van der Waals surface area contributed by atoms with Crippen molar-refractivity contribution in [2.75, 3.05) is 19.0 Å². The average molecular weight is 440 g/mol. The number of alkyl halides is 3. The van der Waals surface area contributed by atoms with E-state index in [1.54, 1.807) is 31.2 Å². The van der Waals surface area contributed by atoms with Crippen LogP contribution in [0.3, 0.4) is 0 Å². The van der Waals surface area contributed by atoms with Crippen molar-refractivity contribution in [3.63, 3.8) is 0 Å². The van der Waals surface area contributed by atoms with Crippen LogP contribution in [0, 0.1) is 0 Å². The summed E-state index contributed by atoms with van der Waals surface area (Å²) >= 11 is 6.08. The molecule has 0 saturated heterocycles. The number of allylic oxidation sites excluding steroid dienone is 1. The summed E-state index contributed by atoms with van der Waals surface area (Å²) in [4.78, 5) is 11.3. The highest BCUT2D eigenvalue weighted by Gasteiger charge is 2.34. The Hall–Kier alpha value is -2.67. The summed E-state index contributed by atoms with van der Waals surface area (Å²) in [6.07, 6.45) is -2.23. The molecule has 30 heavy (non-hydrogen) atoms. The predicted octanol–water partition coefficient (Wildman–Crippen LogP) is 6.05. The molecular weight excluding hydrogens is 419 g/mol. The van der Waals surface area contributed by atoms with Crippen LogP contribution in [0.2, 0.25) is 5.02 Å². The molecule has 8 heteroatoms. The van der Waals surface area contributed by atoms with E-state index in [0.717, 1.165) is 11.8 Å². The molecule has 0 spiro atoms. The number of hydrogen-bond donors (Lipinski definition) is 1. The number of methoxy groups -OCH3 is 1. The van der Waals surface area contributed by atoms with Gasteiger partial charge in [0.05, 0.1) is 24.9 Å². The maximum absolute atomic E-state index is 13.4. The van der Waals surface area contributed by atoms with Gasteiger partial charge in [-0.1, -0.05) is 29.8 Å². The molecule has 160 valence electrons. The Kier molecular flexibility index (Phi) is 6.61. The summed E-state index contributed by atoms with van der Waals surface area (Å²) < 4.78 is 50.7. The number of carbonyl (C=O) groups is 1. The largest absolute Gasteiger partial charge is 0.486 e. The van der Waals surface area contributed by atoms with E-state index in [9.17, 15) is 18.0 Å². The van der Waals surface area contributed by atoms with Crippen LogP contribution in [0.1, 0.15) is 36.5 Å². The number of esters is 1. The monoisotopic (exact) mass is 439 g/mol. The molecule has 0 amide bonds. The number of anilines is 1. The van der Waals surface area contributed by atoms with E-state index >= 15 is 0 Å². The van der Waals surface area contributed by atoms with Crippen molar-refractivity contribution in [2.45, 2.75) is 32.0 Å². The zero-order valence-electron chi connectivity index (χ0n) is 16.5. The SMILES string of the molecule is COC(=O)CC[C@H]1CNc2cc(/C=C(\C)c3c(Cl)cccc3C(F)(F)F)ccc2O1. The summed E-state index contributed by atoms with van der Waals surface area (Å²) in [6, 6.07) is 9.08. The van der Waals surface area contributed by atoms with Crippen LogP contribution in [-0.4, -0.2) is 25.7 Å². The normalized spacial score (nSPS) is 16.3. The minimum absolute atomic E-state index is 0.0310. The maximum Gasteiger partial charge on any atom is 0.417 e. The fraction of sp³-hybridized carbons (Fsp3) is 0.318. The lowest BCUT2D eigenvalue weighted by Crippen LogP contribution is -2.31. The molecule has 1 atom stereocenters. The van der Waals surface area contributed by atoms with Crippen molar-refractivity contribution in [1.82, 2.24) is 0 Å². The van der Waals surface area contributed by atoms with Gasteiger partial charge in [-0.25, -0.2) is 0 Å². The first-order chi connectivity index (χ1) is 14.2. The number of hydrogen-bond acceptors (Lipinski definition) is 4. The molecule has 2 aromatic carbocycles. The number of rotatable bonds is 5. The molecule has 0 aromatic heterocycles. The summed E-state index contributed by atoms with van der Waals surface area (Å²) in [5.74, 6) is 0.331. The predicted molar refractivity (Wildman–Crippen MR) is 111 cm³/mol. The topological polar surface area (TPSA) is 47.6 Å². The van der Waals surface area contributed by atoms with Crippen molar-refractivity contribution in [3.05, 3.63) is 58.1 Å². The zero-order chi connectivity index (χ0) is 21.9. The summed E-state index contributed by atoms with van der Waals surface area (Å²) in [6.45, 7) is 2.11. The lowest BCUT2D eigenvalue weighted by Gasteiger charge is -2.27. The molecule has 0 saturated carbocycles. The molecule has 0 aliphatic carbocycles. The Labute approximate surface area is 177 Å². The third kappa shape index (κ3) is 5.08. The van der Waals surface area contributed by atoms with Gasteiger partial charge in [0, 0.05) is 17.0 Å². The van der Waals surface area contributed by atoms with Crippen LogP contribution in [-0.2, 0) is 15.7 Å².